The first-order valence-corrected chi connectivity index (χ1v) is 11.2. The molecule has 2 unspecified atom stereocenters. The molecule has 2 aromatic rings. The highest BCUT2D eigenvalue weighted by Crippen LogP contribution is 2.26. The van der Waals surface area contributed by atoms with Gasteiger partial charge in [-0.2, -0.15) is 0 Å². The zero-order valence-electron chi connectivity index (χ0n) is 20.2. The second kappa shape index (κ2) is 15.4. The fourth-order valence-corrected chi connectivity index (χ4v) is 2.90. The normalized spacial score (nSPS) is 12.7. The van der Waals surface area contributed by atoms with Crippen molar-refractivity contribution in [3.05, 3.63) is 59.7 Å². The molecular weight excluding hydrogens is 531 g/mol. The van der Waals surface area contributed by atoms with Crippen molar-refractivity contribution in [1.29, 1.82) is 0 Å². The van der Waals surface area contributed by atoms with Gasteiger partial charge in [-0.3, -0.25) is 4.79 Å². The van der Waals surface area contributed by atoms with Crippen molar-refractivity contribution in [3.63, 3.8) is 0 Å². The predicted molar refractivity (Wildman–Crippen MR) is 145 cm³/mol. The molecule has 2 rings (SSSR count). The number of nitrogens with zero attached hydrogens (tertiary/aromatic N) is 1. The van der Waals surface area contributed by atoms with Gasteiger partial charge in [0.2, 0.25) is 0 Å². The Morgan fingerprint density at radius 3 is 2.27 bits per heavy atom. The Labute approximate surface area is 214 Å². The SMILES string of the molecule is CCNC(=NCc1ccc(C(=O)NC(C)CC)cc1)NCC(C)Oc1ccccc1OC.I. The molecule has 8 heteroatoms. The highest BCUT2D eigenvalue weighted by molar-refractivity contribution is 14.0. The number of rotatable bonds is 11. The molecular formula is C25H37IN4O3. The lowest BCUT2D eigenvalue weighted by Gasteiger charge is -2.19. The van der Waals surface area contributed by atoms with E-state index in [-0.39, 0.29) is 42.0 Å². The zero-order chi connectivity index (χ0) is 23.3. The zero-order valence-corrected chi connectivity index (χ0v) is 22.5. The molecule has 0 aromatic heterocycles. The van der Waals surface area contributed by atoms with Crippen LogP contribution in [-0.4, -0.2) is 44.2 Å². The van der Waals surface area contributed by atoms with Gasteiger partial charge in [0.1, 0.15) is 6.10 Å². The van der Waals surface area contributed by atoms with E-state index in [1.807, 2.05) is 76.2 Å². The van der Waals surface area contributed by atoms with Gasteiger partial charge in [-0.15, -0.1) is 24.0 Å². The number of carbonyl (C=O) groups excluding carboxylic acids is 1. The maximum absolute atomic E-state index is 12.2. The number of ether oxygens (including phenoxy) is 2. The predicted octanol–water partition coefficient (Wildman–Crippen LogP) is 4.36. The molecule has 0 aliphatic rings. The van der Waals surface area contributed by atoms with Crippen molar-refractivity contribution in [2.45, 2.75) is 52.8 Å². The van der Waals surface area contributed by atoms with Crippen LogP contribution in [0, 0.1) is 0 Å². The number of para-hydroxylation sites is 2. The van der Waals surface area contributed by atoms with Crippen LogP contribution in [0.1, 0.15) is 50.0 Å². The summed E-state index contributed by atoms with van der Waals surface area (Å²) in [7, 11) is 1.63. The van der Waals surface area contributed by atoms with E-state index >= 15 is 0 Å². The largest absolute Gasteiger partial charge is 0.493 e. The molecule has 0 aliphatic heterocycles. The van der Waals surface area contributed by atoms with Crippen LogP contribution >= 0.6 is 24.0 Å². The average molecular weight is 569 g/mol. The van der Waals surface area contributed by atoms with Crippen LogP contribution in [-0.2, 0) is 6.54 Å². The second-order valence-corrected chi connectivity index (χ2v) is 7.64. The molecule has 2 atom stereocenters. The minimum absolute atomic E-state index is 0. The molecule has 0 fully saturated rings. The van der Waals surface area contributed by atoms with Gasteiger partial charge in [0.25, 0.3) is 5.91 Å². The van der Waals surface area contributed by atoms with E-state index in [1.165, 1.54) is 0 Å². The first-order chi connectivity index (χ1) is 15.5. The summed E-state index contributed by atoms with van der Waals surface area (Å²) in [6.45, 7) is 9.90. The molecule has 33 heavy (non-hydrogen) atoms. The molecule has 0 radical (unpaired) electrons. The van der Waals surface area contributed by atoms with Gasteiger partial charge in [0.15, 0.2) is 17.5 Å². The third-order valence-corrected chi connectivity index (χ3v) is 4.92. The number of aliphatic imine (C=N–C) groups is 1. The molecule has 3 N–H and O–H groups in total. The standard InChI is InChI=1S/C25H36N4O3.HI/c1-6-18(3)29-24(30)21-14-12-20(13-15-21)17-28-25(26-7-2)27-16-19(4)32-23-11-9-8-10-22(23)31-5;/h8-15,18-19H,6-7,16-17H2,1-5H3,(H,29,30)(H2,26,27,28);1H. The maximum atomic E-state index is 12.2. The van der Waals surface area contributed by atoms with E-state index in [1.54, 1.807) is 7.11 Å². The van der Waals surface area contributed by atoms with Crippen LogP contribution in [0.15, 0.2) is 53.5 Å². The molecule has 0 spiro atoms. The minimum atomic E-state index is -0.0848. The van der Waals surface area contributed by atoms with Gasteiger partial charge in [0.05, 0.1) is 20.2 Å². The van der Waals surface area contributed by atoms with Gasteiger partial charge < -0.3 is 25.4 Å². The number of carbonyl (C=O) groups is 1. The number of halogens is 1. The summed E-state index contributed by atoms with van der Waals surface area (Å²) in [5, 5.41) is 9.54. The van der Waals surface area contributed by atoms with Gasteiger partial charge >= 0.3 is 0 Å². The van der Waals surface area contributed by atoms with Gasteiger partial charge in [-0.1, -0.05) is 31.2 Å². The lowest BCUT2D eigenvalue weighted by molar-refractivity contribution is 0.0939. The Balaban J connectivity index is 0.00000544. The van der Waals surface area contributed by atoms with Gasteiger partial charge in [0, 0.05) is 18.2 Å². The monoisotopic (exact) mass is 568 g/mol. The molecule has 2 aromatic carbocycles. The molecule has 1 amide bonds. The van der Waals surface area contributed by atoms with Crippen molar-refractivity contribution in [2.75, 3.05) is 20.2 Å². The number of methoxy groups -OCH3 is 1. The Bertz CT molecular complexity index is 874. The van der Waals surface area contributed by atoms with Crippen molar-refractivity contribution in [1.82, 2.24) is 16.0 Å². The minimum Gasteiger partial charge on any atom is -0.493 e. The van der Waals surface area contributed by atoms with Crippen LogP contribution in [0.2, 0.25) is 0 Å². The number of guanidine groups is 1. The Kier molecular flexibility index (Phi) is 13.3. The highest BCUT2D eigenvalue weighted by Gasteiger charge is 2.10. The van der Waals surface area contributed by atoms with E-state index in [4.69, 9.17) is 9.47 Å². The molecule has 0 aliphatic carbocycles. The first kappa shape index (κ1) is 28.5. The topological polar surface area (TPSA) is 84.0 Å². The Hall–Kier alpha value is -2.49. The smallest absolute Gasteiger partial charge is 0.251 e. The number of nitrogens with one attached hydrogen (secondary N) is 3. The highest BCUT2D eigenvalue weighted by atomic mass is 127. The summed E-state index contributed by atoms with van der Waals surface area (Å²) in [5.41, 5.74) is 1.69. The lowest BCUT2D eigenvalue weighted by atomic mass is 10.1. The van der Waals surface area contributed by atoms with Crippen LogP contribution in [0.25, 0.3) is 0 Å². The molecule has 0 saturated carbocycles. The lowest BCUT2D eigenvalue weighted by Crippen LogP contribution is -2.41. The van der Waals surface area contributed by atoms with E-state index in [2.05, 4.69) is 20.9 Å². The fraction of sp³-hybridized carbons (Fsp3) is 0.440. The summed E-state index contributed by atoms with van der Waals surface area (Å²) in [6, 6.07) is 15.3. The summed E-state index contributed by atoms with van der Waals surface area (Å²) in [4.78, 5) is 16.9. The van der Waals surface area contributed by atoms with Crippen LogP contribution in [0.4, 0.5) is 0 Å². The molecule has 0 saturated heterocycles. The Morgan fingerprint density at radius 1 is 1.00 bits per heavy atom. The van der Waals surface area contributed by atoms with Crippen LogP contribution in [0.5, 0.6) is 11.5 Å². The third-order valence-electron chi connectivity index (χ3n) is 4.92. The van der Waals surface area contributed by atoms with E-state index < -0.39 is 0 Å². The van der Waals surface area contributed by atoms with Crippen molar-refractivity contribution >= 4 is 35.8 Å². The summed E-state index contributed by atoms with van der Waals surface area (Å²) < 4.78 is 11.3. The van der Waals surface area contributed by atoms with E-state index in [0.717, 1.165) is 18.5 Å². The quantitative estimate of drug-likeness (QED) is 0.213. The average Bonchev–Trinajstić information content (AvgIpc) is 2.81. The van der Waals surface area contributed by atoms with Crippen molar-refractivity contribution < 1.29 is 14.3 Å². The molecule has 182 valence electrons. The first-order valence-electron chi connectivity index (χ1n) is 11.2. The van der Waals surface area contributed by atoms with E-state index in [0.29, 0.717) is 36.1 Å². The van der Waals surface area contributed by atoms with Gasteiger partial charge in [-0.05, 0) is 57.0 Å². The molecule has 0 bridgehead atoms. The van der Waals surface area contributed by atoms with Crippen molar-refractivity contribution in [3.8, 4) is 11.5 Å². The molecule has 7 nitrogen and oxygen atoms in total. The summed E-state index contributed by atoms with van der Waals surface area (Å²) >= 11 is 0. The summed E-state index contributed by atoms with van der Waals surface area (Å²) in [5.74, 6) is 2.08. The van der Waals surface area contributed by atoms with E-state index in [9.17, 15) is 4.79 Å². The Morgan fingerprint density at radius 2 is 1.67 bits per heavy atom. The number of benzene rings is 2. The number of hydrogen-bond donors (Lipinski definition) is 3. The third kappa shape index (κ3) is 9.89. The second-order valence-electron chi connectivity index (χ2n) is 7.64. The maximum Gasteiger partial charge on any atom is 0.251 e. The van der Waals surface area contributed by atoms with Crippen molar-refractivity contribution in [2.24, 2.45) is 4.99 Å². The molecule has 0 heterocycles. The fourth-order valence-electron chi connectivity index (χ4n) is 2.90. The number of amides is 1. The van der Waals surface area contributed by atoms with Crippen LogP contribution < -0.4 is 25.4 Å². The van der Waals surface area contributed by atoms with Gasteiger partial charge in [-0.25, -0.2) is 4.99 Å². The summed E-state index contributed by atoms with van der Waals surface area (Å²) in [6.07, 6.45) is 0.819. The number of hydrogen-bond acceptors (Lipinski definition) is 4. The van der Waals surface area contributed by atoms with Crippen LogP contribution in [0.3, 0.4) is 0 Å².